The Morgan fingerprint density at radius 3 is 2.83 bits per heavy atom. The number of esters is 1. The number of nitrogens with zero attached hydrogens (tertiary/aromatic N) is 2. The number of nitrogens with one attached hydrogen (secondary N) is 1. The van der Waals surface area contributed by atoms with Gasteiger partial charge in [-0.3, -0.25) is 9.89 Å². The predicted octanol–water partition coefficient (Wildman–Crippen LogP) is 2.51. The number of hydrogen-bond donors (Lipinski definition) is 1. The average Bonchev–Trinajstić information content (AvgIpc) is 3.11. The van der Waals surface area contributed by atoms with Gasteiger partial charge in [0.2, 0.25) is 0 Å². The molecule has 118 valence electrons. The van der Waals surface area contributed by atoms with Crippen LogP contribution in [-0.4, -0.2) is 35.1 Å². The van der Waals surface area contributed by atoms with E-state index in [1.165, 1.54) is 0 Å². The number of hydrogen-bond acceptors (Lipinski definition) is 5. The van der Waals surface area contributed by atoms with Crippen molar-refractivity contribution < 1.29 is 14.3 Å². The third-order valence-electron chi connectivity index (χ3n) is 4.39. The molecule has 2 atom stereocenters. The van der Waals surface area contributed by atoms with Crippen molar-refractivity contribution in [3.63, 3.8) is 0 Å². The molecule has 3 heterocycles. The van der Waals surface area contributed by atoms with E-state index in [1.807, 2.05) is 38.1 Å². The number of aliphatic imine (C=N–C) groups is 1. The lowest BCUT2D eigenvalue weighted by Crippen LogP contribution is -2.28. The van der Waals surface area contributed by atoms with E-state index < -0.39 is 0 Å². The highest BCUT2D eigenvalue weighted by atomic mass is 16.5. The summed E-state index contributed by atoms with van der Waals surface area (Å²) in [7, 11) is 0. The molecule has 6 heteroatoms. The van der Waals surface area contributed by atoms with Crippen LogP contribution in [-0.2, 0) is 9.53 Å². The van der Waals surface area contributed by atoms with Gasteiger partial charge >= 0.3 is 5.97 Å². The maximum atomic E-state index is 12.2. The monoisotopic (exact) mass is 311 g/mol. The van der Waals surface area contributed by atoms with Crippen molar-refractivity contribution in [2.45, 2.75) is 19.8 Å². The Bertz CT molecular complexity index is 792. The lowest BCUT2D eigenvalue weighted by Gasteiger charge is -2.25. The molecule has 1 saturated heterocycles. The summed E-state index contributed by atoms with van der Waals surface area (Å²) >= 11 is 0. The summed E-state index contributed by atoms with van der Waals surface area (Å²) in [4.78, 5) is 16.8. The summed E-state index contributed by atoms with van der Waals surface area (Å²) in [5.41, 5.74) is 3.70. The quantitative estimate of drug-likeness (QED) is 0.884. The Kier molecular flexibility index (Phi) is 3.18. The minimum Gasteiger partial charge on any atom is -0.494 e. The van der Waals surface area contributed by atoms with E-state index in [4.69, 9.17) is 9.47 Å². The first-order valence-electron chi connectivity index (χ1n) is 7.70. The molecule has 0 aliphatic carbocycles. The molecule has 6 nitrogen and oxygen atoms in total. The van der Waals surface area contributed by atoms with Crippen molar-refractivity contribution in [3.05, 3.63) is 41.1 Å². The van der Waals surface area contributed by atoms with Crippen molar-refractivity contribution >= 4 is 17.5 Å². The van der Waals surface area contributed by atoms with E-state index in [9.17, 15) is 4.79 Å². The lowest BCUT2D eigenvalue weighted by molar-refractivity contribution is -0.141. The van der Waals surface area contributed by atoms with Gasteiger partial charge < -0.3 is 9.47 Å². The number of fused-ring (bicyclic) bond motifs is 2. The first-order valence-corrected chi connectivity index (χ1v) is 7.70. The summed E-state index contributed by atoms with van der Waals surface area (Å²) in [5.74, 6) is 0.776. The molecule has 23 heavy (non-hydrogen) atoms. The van der Waals surface area contributed by atoms with Gasteiger partial charge in [-0.05, 0) is 31.5 Å². The van der Waals surface area contributed by atoms with Crippen LogP contribution in [0.4, 0.5) is 5.82 Å². The number of rotatable bonds is 3. The van der Waals surface area contributed by atoms with Crippen molar-refractivity contribution in [1.29, 1.82) is 0 Å². The fourth-order valence-corrected chi connectivity index (χ4v) is 3.37. The number of aromatic nitrogens is 2. The average molecular weight is 311 g/mol. The third kappa shape index (κ3) is 2.13. The molecular formula is C17H17N3O3. The van der Waals surface area contributed by atoms with Crippen LogP contribution in [0.2, 0.25) is 0 Å². The lowest BCUT2D eigenvalue weighted by atomic mass is 9.77. The molecule has 1 aromatic carbocycles. The van der Waals surface area contributed by atoms with Crippen molar-refractivity contribution in [1.82, 2.24) is 10.2 Å². The molecule has 1 fully saturated rings. The topological polar surface area (TPSA) is 76.6 Å². The Hall–Kier alpha value is -2.63. The minimum absolute atomic E-state index is 0.123. The smallest absolute Gasteiger partial charge is 0.316 e. The molecule has 2 aliphatic rings. The van der Waals surface area contributed by atoms with Gasteiger partial charge in [-0.25, -0.2) is 4.99 Å². The number of H-pyrrole nitrogens is 1. The fourth-order valence-electron chi connectivity index (χ4n) is 3.37. The highest BCUT2D eigenvalue weighted by Crippen LogP contribution is 2.45. The van der Waals surface area contributed by atoms with Crippen LogP contribution in [0.5, 0.6) is 5.75 Å². The predicted molar refractivity (Wildman–Crippen MR) is 84.3 cm³/mol. The van der Waals surface area contributed by atoms with Crippen molar-refractivity contribution in [2.24, 2.45) is 10.9 Å². The zero-order valence-corrected chi connectivity index (χ0v) is 13.0. The van der Waals surface area contributed by atoms with Crippen LogP contribution in [0.1, 0.15) is 29.7 Å². The summed E-state index contributed by atoms with van der Waals surface area (Å²) < 4.78 is 10.7. The van der Waals surface area contributed by atoms with Gasteiger partial charge in [0.15, 0.2) is 5.82 Å². The molecule has 2 aromatic rings. The summed E-state index contributed by atoms with van der Waals surface area (Å²) in [6.45, 7) is 4.78. The molecule has 2 unspecified atom stereocenters. The molecule has 0 radical (unpaired) electrons. The second kappa shape index (κ2) is 5.22. The van der Waals surface area contributed by atoms with E-state index in [2.05, 4.69) is 15.2 Å². The van der Waals surface area contributed by atoms with E-state index in [0.717, 1.165) is 28.3 Å². The maximum absolute atomic E-state index is 12.2. The zero-order chi connectivity index (χ0) is 16.0. The largest absolute Gasteiger partial charge is 0.494 e. The Balaban J connectivity index is 1.82. The maximum Gasteiger partial charge on any atom is 0.316 e. The molecular weight excluding hydrogens is 294 g/mol. The first-order chi connectivity index (χ1) is 11.2. The van der Waals surface area contributed by atoms with Gasteiger partial charge in [-0.15, -0.1) is 0 Å². The minimum atomic E-state index is -0.364. The van der Waals surface area contributed by atoms with Gasteiger partial charge in [0.05, 0.1) is 12.3 Å². The van der Waals surface area contributed by atoms with Gasteiger partial charge in [0, 0.05) is 17.2 Å². The Labute approximate surface area is 133 Å². The fraction of sp³-hybridized carbons (Fsp3) is 0.353. The molecule has 0 amide bonds. The molecule has 2 aliphatic heterocycles. The number of aromatic amines is 1. The van der Waals surface area contributed by atoms with Crippen LogP contribution >= 0.6 is 0 Å². The number of cyclic esters (lactones) is 1. The molecule has 0 spiro atoms. The molecule has 1 aromatic heterocycles. The SMILES string of the molecule is CCOc1ccc(C2c3c(n[nH]c3C)N=C3COC(=O)C32)cc1. The molecule has 0 bridgehead atoms. The van der Waals surface area contributed by atoms with Crippen molar-refractivity contribution in [2.75, 3.05) is 13.2 Å². The zero-order valence-electron chi connectivity index (χ0n) is 13.0. The van der Waals surface area contributed by atoms with Gasteiger partial charge in [0.25, 0.3) is 0 Å². The van der Waals surface area contributed by atoms with E-state index in [0.29, 0.717) is 12.4 Å². The number of carbonyl (C=O) groups is 1. The summed E-state index contributed by atoms with van der Waals surface area (Å²) in [5, 5.41) is 7.24. The second-order valence-corrected chi connectivity index (χ2v) is 5.75. The standard InChI is InChI=1S/C17H17N3O3/c1-3-22-11-6-4-10(5-7-11)14-13-9(2)19-20-16(13)18-12-8-23-17(21)15(12)14/h4-7,14-15H,3,8H2,1-2H3,(H,19,20). The van der Waals surface area contributed by atoms with Gasteiger partial charge in [0.1, 0.15) is 18.3 Å². The number of aryl methyl sites for hydroxylation is 1. The van der Waals surface area contributed by atoms with Crippen LogP contribution in [0, 0.1) is 12.8 Å². The van der Waals surface area contributed by atoms with E-state index >= 15 is 0 Å². The second-order valence-electron chi connectivity index (χ2n) is 5.75. The van der Waals surface area contributed by atoms with E-state index in [1.54, 1.807) is 0 Å². The number of carbonyl (C=O) groups excluding carboxylic acids is 1. The van der Waals surface area contributed by atoms with Gasteiger partial charge in [-0.2, -0.15) is 5.10 Å². The normalized spacial score (nSPS) is 22.2. The highest BCUT2D eigenvalue weighted by molar-refractivity contribution is 6.10. The first kappa shape index (κ1) is 14.0. The van der Waals surface area contributed by atoms with E-state index in [-0.39, 0.29) is 24.4 Å². The van der Waals surface area contributed by atoms with Crippen molar-refractivity contribution in [3.8, 4) is 5.75 Å². The third-order valence-corrected chi connectivity index (χ3v) is 4.39. The summed E-state index contributed by atoms with van der Waals surface area (Å²) in [6, 6.07) is 7.86. The Morgan fingerprint density at radius 2 is 2.09 bits per heavy atom. The number of ether oxygens (including phenoxy) is 2. The van der Waals surface area contributed by atoms with Crippen LogP contribution < -0.4 is 4.74 Å². The highest BCUT2D eigenvalue weighted by Gasteiger charge is 2.46. The van der Waals surface area contributed by atoms with Gasteiger partial charge in [-0.1, -0.05) is 12.1 Å². The number of benzene rings is 1. The van der Waals surface area contributed by atoms with Crippen LogP contribution in [0.3, 0.4) is 0 Å². The Morgan fingerprint density at radius 1 is 1.30 bits per heavy atom. The molecule has 4 rings (SSSR count). The molecule has 1 N–H and O–H groups in total. The van der Waals surface area contributed by atoms with Crippen LogP contribution in [0.25, 0.3) is 0 Å². The summed E-state index contributed by atoms with van der Waals surface area (Å²) in [6.07, 6.45) is 0. The van der Waals surface area contributed by atoms with Crippen LogP contribution in [0.15, 0.2) is 29.3 Å². The molecule has 0 saturated carbocycles.